The summed E-state index contributed by atoms with van der Waals surface area (Å²) in [6.07, 6.45) is 1.15. The van der Waals surface area contributed by atoms with Gasteiger partial charge in [-0.3, -0.25) is 9.59 Å². The molecule has 0 aromatic heterocycles. The van der Waals surface area contributed by atoms with Gasteiger partial charge in [0.2, 0.25) is 0 Å². The monoisotopic (exact) mass is 402 g/mol. The van der Waals surface area contributed by atoms with Gasteiger partial charge >= 0.3 is 0 Å². The molecule has 1 fully saturated rings. The van der Waals surface area contributed by atoms with Crippen molar-refractivity contribution in [3.8, 4) is 0 Å². The van der Waals surface area contributed by atoms with E-state index >= 15 is 0 Å². The standard InChI is InChI=1S/C26H30N2O2/c1-16-10-11-21(20(5)13-16)23-24(27-14-17(2)12-18(3)15-27)26(30)28(25(23)29)22-9-7-6-8-19(22)4/h6-11,13,17-18H,12,14-15H2,1-5H3. The summed E-state index contributed by atoms with van der Waals surface area (Å²) >= 11 is 0. The molecule has 0 radical (unpaired) electrons. The quantitative estimate of drug-likeness (QED) is 0.688. The predicted octanol–water partition coefficient (Wildman–Crippen LogP) is 4.87. The number of piperidine rings is 1. The van der Waals surface area contributed by atoms with Crippen LogP contribution in [0.4, 0.5) is 5.69 Å². The van der Waals surface area contributed by atoms with E-state index in [2.05, 4.69) is 24.8 Å². The minimum Gasteiger partial charge on any atom is -0.366 e. The number of aryl methyl sites for hydroxylation is 3. The maximum Gasteiger partial charge on any atom is 0.282 e. The van der Waals surface area contributed by atoms with Gasteiger partial charge in [-0.1, -0.05) is 55.8 Å². The van der Waals surface area contributed by atoms with Gasteiger partial charge in [-0.15, -0.1) is 0 Å². The molecule has 0 N–H and O–H groups in total. The maximum atomic E-state index is 13.7. The average molecular weight is 403 g/mol. The van der Waals surface area contributed by atoms with Crippen molar-refractivity contribution in [2.75, 3.05) is 18.0 Å². The van der Waals surface area contributed by atoms with Crippen molar-refractivity contribution in [2.24, 2.45) is 11.8 Å². The number of nitrogens with zero attached hydrogens (tertiary/aromatic N) is 2. The van der Waals surface area contributed by atoms with Gasteiger partial charge in [0.05, 0.1) is 11.3 Å². The van der Waals surface area contributed by atoms with Crippen molar-refractivity contribution in [3.63, 3.8) is 0 Å². The fourth-order valence-electron chi connectivity index (χ4n) is 5.03. The lowest BCUT2D eigenvalue weighted by molar-refractivity contribution is -0.120. The molecule has 2 aromatic rings. The summed E-state index contributed by atoms with van der Waals surface area (Å²) in [6.45, 7) is 12.0. The van der Waals surface area contributed by atoms with E-state index in [1.165, 1.54) is 4.90 Å². The van der Waals surface area contributed by atoms with Crippen molar-refractivity contribution in [1.82, 2.24) is 4.90 Å². The summed E-state index contributed by atoms with van der Waals surface area (Å²) in [5.74, 6) is 0.543. The molecular formula is C26H30N2O2. The fourth-order valence-corrected chi connectivity index (χ4v) is 5.03. The molecule has 0 aliphatic carbocycles. The molecule has 2 aromatic carbocycles. The van der Waals surface area contributed by atoms with Gasteiger partial charge in [-0.25, -0.2) is 4.90 Å². The second-order valence-electron chi connectivity index (χ2n) is 9.13. The van der Waals surface area contributed by atoms with Gasteiger partial charge in [-0.05, 0) is 61.8 Å². The highest BCUT2D eigenvalue weighted by Gasteiger charge is 2.44. The zero-order valence-corrected chi connectivity index (χ0v) is 18.5. The lowest BCUT2D eigenvalue weighted by Gasteiger charge is -2.37. The topological polar surface area (TPSA) is 40.6 Å². The number of likely N-dealkylation sites (tertiary alicyclic amines) is 1. The van der Waals surface area contributed by atoms with Crippen LogP contribution in [0, 0.1) is 32.6 Å². The Balaban J connectivity index is 1.89. The van der Waals surface area contributed by atoms with Crippen molar-refractivity contribution in [2.45, 2.75) is 41.0 Å². The van der Waals surface area contributed by atoms with Crippen LogP contribution < -0.4 is 4.90 Å². The van der Waals surface area contributed by atoms with E-state index in [9.17, 15) is 9.59 Å². The summed E-state index contributed by atoms with van der Waals surface area (Å²) in [5.41, 5.74) is 5.72. The Morgan fingerprint density at radius 3 is 2.13 bits per heavy atom. The summed E-state index contributed by atoms with van der Waals surface area (Å²) in [5, 5.41) is 0. The number of hydrogen-bond acceptors (Lipinski definition) is 3. The molecule has 2 amide bonds. The number of hydrogen-bond donors (Lipinski definition) is 0. The normalized spacial score (nSPS) is 22.3. The molecule has 0 saturated carbocycles. The molecule has 4 rings (SSSR count). The summed E-state index contributed by atoms with van der Waals surface area (Å²) in [7, 11) is 0. The molecule has 0 bridgehead atoms. The van der Waals surface area contributed by atoms with E-state index in [-0.39, 0.29) is 11.8 Å². The summed E-state index contributed by atoms with van der Waals surface area (Å²) in [6, 6.07) is 13.7. The van der Waals surface area contributed by atoms with Crippen LogP contribution in [0.2, 0.25) is 0 Å². The highest BCUT2D eigenvalue weighted by atomic mass is 16.2. The van der Waals surface area contributed by atoms with Crippen LogP contribution in [0.1, 0.15) is 42.5 Å². The van der Waals surface area contributed by atoms with Crippen molar-refractivity contribution in [3.05, 3.63) is 70.4 Å². The molecule has 0 spiro atoms. The van der Waals surface area contributed by atoms with Gasteiger partial charge in [0.25, 0.3) is 11.8 Å². The molecule has 4 heteroatoms. The van der Waals surface area contributed by atoms with Gasteiger partial charge in [0.1, 0.15) is 5.70 Å². The third-order valence-corrected chi connectivity index (χ3v) is 6.25. The molecule has 1 saturated heterocycles. The molecular weight excluding hydrogens is 372 g/mol. The van der Waals surface area contributed by atoms with Crippen molar-refractivity contribution < 1.29 is 9.59 Å². The molecule has 2 atom stereocenters. The number of amides is 2. The van der Waals surface area contributed by atoms with Crippen molar-refractivity contribution in [1.29, 1.82) is 0 Å². The van der Waals surface area contributed by atoms with Gasteiger partial charge in [-0.2, -0.15) is 0 Å². The molecule has 2 heterocycles. The number of rotatable bonds is 3. The molecule has 2 aliphatic rings. The van der Waals surface area contributed by atoms with E-state index in [1.54, 1.807) is 0 Å². The van der Waals surface area contributed by atoms with Crippen LogP contribution in [-0.2, 0) is 9.59 Å². The largest absolute Gasteiger partial charge is 0.366 e. The smallest absolute Gasteiger partial charge is 0.282 e. The second-order valence-corrected chi connectivity index (χ2v) is 9.13. The first-order chi connectivity index (χ1) is 14.3. The predicted molar refractivity (Wildman–Crippen MR) is 121 cm³/mol. The number of carbonyl (C=O) groups is 2. The molecule has 2 unspecified atom stereocenters. The summed E-state index contributed by atoms with van der Waals surface area (Å²) < 4.78 is 0. The number of benzene rings is 2. The van der Waals surface area contributed by atoms with E-state index < -0.39 is 0 Å². The fraction of sp³-hybridized carbons (Fsp3) is 0.385. The van der Waals surface area contributed by atoms with Crippen LogP contribution in [0.25, 0.3) is 5.57 Å². The van der Waals surface area contributed by atoms with Crippen LogP contribution in [0.5, 0.6) is 0 Å². The average Bonchev–Trinajstić information content (AvgIpc) is 2.92. The number of para-hydroxylation sites is 1. The van der Waals surface area contributed by atoms with Gasteiger partial charge in [0.15, 0.2) is 0 Å². The minimum atomic E-state index is -0.220. The zero-order chi connectivity index (χ0) is 21.6. The first-order valence-electron chi connectivity index (χ1n) is 10.8. The van der Waals surface area contributed by atoms with E-state index in [0.29, 0.717) is 28.8 Å². The zero-order valence-electron chi connectivity index (χ0n) is 18.5. The third-order valence-electron chi connectivity index (χ3n) is 6.25. The lowest BCUT2D eigenvalue weighted by Crippen LogP contribution is -2.42. The summed E-state index contributed by atoms with van der Waals surface area (Å²) in [4.78, 5) is 31.0. The Kier molecular flexibility index (Phi) is 5.27. The Bertz CT molecular complexity index is 1040. The van der Waals surface area contributed by atoms with Crippen LogP contribution in [0.15, 0.2) is 48.2 Å². The number of carbonyl (C=O) groups excluding carboxylic acids is 2. The van der Waals surface area contributed by atoms with Gasteiger partial charge < -0.3 is 4.90 Å². The second kappa shape index (κ2) is 7.75. The molecule has 2 aliphatic heterocycles. The first-order valence-corrected chi connectivity index (χ1v) is 10.8. The highest BCUT2D eigenvalue weighted by molar-refractivity contribution is 6.45. The van der Waals surface area contributed by atoms with Crippen LogP contribution in [0.3, 0.4) is 0 Å². The maximum absolute atomic E-state index is 13.7. The van der Waals surface area contributed by atoms with Crippen LogP contribution >= 0.6 is 0 Å². The molecule has 156 valence electrons. The van der Waals surface area contributed by atoms with E-state index in [1.807, 2.05) is 57.2 Å². The lowest BCUT2D eigenvalue weighted by atomic mass is 9.90. The Morgan fingerprint density at radius 1 is 0.833 bits per heavy atom. The van der Waals surface area contributed by atoms with E-state index in [4.69, 9.17) is 0 Å². The Hall–Kier alpha value is -2.88. The van der Waals surface area contributed by atoms with Gasteiger partial charge in [0, 0.05) is 13.1 Å². The Labute approximate surface area is 179 Å². The number of imide groups is 1. The molecule has 4 nitrogen and oxygen atoms in total. The van der Waals surface area contributed by atoms with E-state index in [0.717, 1.165) is 41.8 Å². The number of anilines is 1. The highest BCUT2D eigenvalue weighted by Crippen LogP contribution is 2.39. The SMILES string of the molecule is Cc1ccc(C2=C(N3CC(C)CC(C)C3)C(=O)N(c3ccccc3C)C2=O)c(C)c1. The first kappa shape index (κ1) is 20.4. The molecule has 30 heavy (non-hydrogen) atoms. The van der Waals surface area contributed by atoms with Crippen molar-refractivity contribution >= 4 is 23.1 Å². The minimum absolute atomic E-state index is 0.203. The van der Waals surface area contributed by atoms with Crippen LogP contribution in [-0.4, -0.2) is 29.8 Å². The Morgan fingerprint density at radius 2 is 1.50 bits per heavy atom. The third kappa shape index (κ3) is 3.45.